The Labute approximate surface area is 142 Å². The number of ether oxygens (including phenoxy) is 2. The van der Waals surface area contributed by atoms with Gasteiger partial charge in [0.1, 0.15) is 11.9 Å². The highest BCUT2D eigenvalue weighted by Crippen LogP contribution is 2.18. The van der Waals surface area contributed by atoms with Crippen LogP contribution in [0.5, 0.6) is 5.75 Å². The van der Waals surface area contributed by atoms with Gasteiger partial charge in [-0.25, -0.2) is 0 Å². The summed E-state index contributed by atoms with van der Waals surface area (Å²) in [6.07, 6.45) is 2.10. The fourth-order valence-electron chi connectivity index (χ4n) is 2.68. The number of nitrogens with zero attached hydrogens (tertiary/aromatic N) is 1. The van der Waals surface area contributed by atoms with Gasteiger partial charge in [0.05, 0.1) is 18.9 Å². The van der Waals surface area contributed by atoms with Crippen molar-refractivity contribution < 1.29 is 14.3 Å². The molecule has 24 heavy (non-hydrogen) atoms. The van der Waals surface area contributed by atoms with E-state index in [9.17, 15) is 4.79 Å². The van der Waals surface area contributed by atoms with Crippen molar-refractivity contribution in [3.05, 3.63) is 59.4 Å². The van der Waals surface area contributed by atoms with Gasteiger partial charge in [-0.1, -0.05) is 6.07 Å². The Kier molecular flexibility index (Phi) is 5.56. The minimum absolute atomic E-state index is 0.00499. The predicted octanol–water partition coefficient (Wildman–Crippen LogP) is 2.57. The SMILES string of the molecule is CCOc1ccc(C(=O)Cc2ccc(C3CNCCO3)nc2)cc1. The van der Waals surface area contributed by atoms with Gasteiger partial charge in [0, 0.05) is 31.3 Å². The summed E-state index contributed by atoms with van der Waals surface area (Å²) in [7, 11) is 0. The highest BCUT2D eigenvalue weighted by Gasteiger charge is 2.17. The smallest absolute Gasteiger partial charge is 0.167 e. The maximum Gasteiger partial charge on any atom is 0.167 e. The van der Waals surface area contributed by atoms with Crippen molar-refractivity contribution >= 4 is 5.78 Å². The van der Waals surface area contributed by atoms with E-state index in [1.807, 2.05) is 31.2 Å². The summed E-state index contributed by atoms with van der Waals surface area (Å²) in [4.78, 5) is 16.8. The van der Waals surface area contributed by atoms with Crippen LogP contribution in [0.25, 0.3) is 0 Å². The molecule has 1 atom stereocenters. The normalized spacial score (nSPS) is 17.5. The second-order valence-corrected chi connectivity index (χ2v) is 5.71. The van der Waals surface area contributed by atoms with Crippen molar-refractivity contribution in [1.82, 2.24) is 10.3 Å². The number of benzene rings is 1. The van der Waals surface area contributed by atoms with Gasteiger partial charge >= 0.3 is 0 Å². The molecule has 1 aromatic heterocycles. The number of pyridine rings is 1. The molecule has 2 aromatic rings. The zero-order chi connectivity index (χ0) is 16.8. The lowest BCUT2D eigenvalue weighted by atomic mass is 10.0. The molecule has 5 heteroatoms. The molecule has 1 aromatic carbocycles. The van der Waals surface area contributed by atoms with Crippen molar-refractivity contribution in [2.24, 2.45) is 0 Å². The Morgan fingerprint density at radius 1 is 1.29 bits per heavy atom. The molecule has 126 valence electrons. The Bertz CT molecular complexity index is 662. The molecule has 0 amide bonds. The lowest BCUT2D eigenvalue weighted by Gasteiger charge is -2.23. The molecule has 5 nitrogen and oxygen atoms in total. The number of aromatic nitrogens is 1. The molecule has 2 heterocycles. The molecule has 0 radical (unpaired) electrons. The first-order valence-electron chi connectivity index (χ1n) is 8.29. The summed E-state index contributed by atoms with van der Waals surface area (Å²) in [5.41, 5.74) is 2.49. The monoisotopic (exact) mass is 326 g/mol. The first kappa shape index (κ1) is 16.6. The molecule has 1 N–H and O–H groups in total. The number of hydrogen-bond donors (Lipinski definition) is 1. The van der Waals surface area contributed by atoms with Crippen molar-refractivity contribution in [1.29, 1.82) is 0 Å². The highest BCUT2D eigenvalue weighted by atomic mass is 16.5. The molecule has 1 unspecified atom stereocenters. The molecule has 1 aliphatic rings. The maximum atomic E-state index is 12.4. The van der Waals surface area contributed by atoms with Crippen LogP contribution >= 0.6 is 0 Å². The zero-order valence-electron chi connectivity index (χ0n) is 13.8. The minimum atomic E-state index is -0.00499. The largest absolute Gasteiger partial charge is 0.494 e. The fourth-order valence-corrected chi connectivity index (χ4v) is 2.68. The van der Waals surface area contributed by atoms with Crippen molar-refractivity contribution in [2.75, 3.05) is 26.3 Å². The Hall–Kier alpha value is -2.24. The second kappa shape index (κ2) is 8.04. The van der Waals surface area contributed by atoms with Crippen LogP contribution < -0.4 is 10.1 Å². The van der Waals surface area contributed by atoms with E-state index in [2.05, 4.69) is 10.3 Å². The molecule has 1 aliphatic heterocycles. The third-order valence-corrected chi connectivity index (χ3v) is 3.96. The first-order chi connectivity index (χ1) is 11.8. The average molecular weight is 326 g/mol. The summed E-state index contributed by atoms with van der Waals surface area (Å²) in [5.74, 6) is 0.851. The third-order valence-electron chi connectivity index (χ3n) is 3.96. The summed E-state index contributed by atoms with van der Waals surface area (Å²) in [5, 5.41) is 3.29. The van der Waals surface area contributed by atoms with E-state index in [0.717, 1.165) is 30.1 Å². The summed E-state index contributed by atoms with van der Waals surface area (Å²) in [6, 6.07) is 11.1. The van der Waals surface area contributed by atoms with Crippen LogP contribution in [0.1, 0.15) is 34.6 Å². The molecule has 1 saturated heterocycles. The van der Waals surface area contributed by atoms with Crippen LogP contribution in [-0.4, -0.2) is 37.1 Å². The maximum absolute atomic E-state index is 12.4. The molecule has 0 saturated carbocycles. The molecule has 0 spiro atoms. The second-order valence-electron chi connectivity index (χ2n) is 5.71. The van der Waals surface area contributed by atoms with Crippen LogP contribution in [0.2, 0.25) is 0 Å². The molecule has 1 fully saturated rings. The van der Waals surface area contributed by atoms with Crippen LogP contribution in [0.3, 0.4) is 0 Å². The lowest BCUT2D eigenvalue weighted by Crippen LogP contribution is -2.33. The molecular weight excluding hydrogens is 304 g/mol. The van der Waals surface area contributed by atoms with E-state index in [4.69, 9.17) is 9.47 Å². The van der Waals surface area contributed by atoms with E-state index < -0.39 is 0 Å². The fraction of sp³-hybridized carbons (Fsp3) is 0.368. The zero-order valence-corrected chi connectivity index (χ0v) is 13.8. The molecular formula is C19H22N2O3. The summed E-state index contributed by atoms with van der Waals surface area (Å²) in [6.45, 7) is 4.91. The number of morpholine rings is 1. The van der Waals surface area contributed by atoms with E-state index >= 15 is 0 Å². The van der Waals surface area contributed by atoms with Crippen molar-refractivity contribution in [3.8, 4) is 5.75 Å². The quantitative estimate of drug-likeness (QED) is 0.827. The third kappa shape index (κ3) is 4.19. The number of ketones is 1. The number of carbonyl (C=O) groups is 1. The Balaban J connectivity index is 1.61. The van der Waals surface area contributed by atoms with E-state index in [-0.39, 0.29) is 11.9 Å². The number of hydrogen-bond acceptors (Lipinski definition) is 5. The van der Waals surface area contributed by atoms with Gasteiger partial charge in [0.25, 0.3) is 0 Å². The standard InChI is InChI=1S/C19H22N2O3/c1-2-23-16-6-4-15(5-7-16)18(22)11-14-3-8-17(21-12-14)19-13-20-9-10-24-19/h3-8,12,19-20H,2,9-11,13H2,1H3. The van der Waals surface area contributed by atoms with Gasteiger partial charge in [-0.15, -0.1) is 0 Å². The summed E-state index contributed by atoms with van der Waals surface area (Å²) < 4.78 is 11.1. The molecule has 0 aliphatic carbocycles. The van der Waals surface area contributed by atoms with Crippen LogP contribution in [0.15, 0.2) is 42.6 Å². The minimum Gasteiger partial charge on any atom is -0.494 e. The van der Waals surface area contributed by atoms with Crippen molar-refractivity contribution in [3.63, 3.8) is 0 Å². The van der Waals surface area contributed by atoms with Crippen molar-refractivity contribution in [2.45, 2.75) is 19.4 Å². The first-order valence-corrected chi connectivity index (χ1v) is 8.29. The highest BCUT2D eigenvalue weighted by molar-refractivity contribution is 5.97. The van der Waals surface area contributed by atoms with E-state index in [1.54, 1.807) is 18.3 Å². The Morgan fingerprint density at radius 3 is 2.75 bits per heavy atom. The Morgan fingerprint density at radius 2 is 2.12 bits per heavy atom. The topological polar surface area (TPSA) is 60.5 Å². The number of rotatable bonds is 6. The van der Waals surface area contributed by atoms with Crippen LogP contribution in [-0.2, 0) is 11.2 Å². The van der Waals surface area contributed by atoms with Crippen LogP contribution in [0, 0.1) is 0 Å². The lowest BCUT2D eigenvalue weighted by molar-refractivity contribution is 0.0250. The predicted molar refractivity (Wildman–Crippen MR) is 91.4 cm³/mol. The van der Waals surface area contributed by atoms with Gasteiger partial charge in [-0.2, -0.15) is 0 Å². The van der Waals surface area contributed by atoms with Gasteiger partial charge in [-0.05, 0) is 42.8 Å². The summed E-state index contributed by atoms with van der Waals surface area (Å²) >= 11 is 0. The number of Topliss-reactive ketones (excluding diaryl/α,β-unsaturated/α-hetero) is 1. The van der Waals surface area contributed by atoms with Gasteiger partial charge in [0.2, 0.25) is 0 Å². The van der Waals surface area contributed by atoms with Crippen LogP contribution in [0.4, 0.5) is 0 Å². The van der Waals surface area contributed by atoms with E-state index in [1.165, 1.54) is 0 Å². The number of carbonyl (C=O) groups excluding carboxylic acids is 1. The van der Waals surface area contributed by atoms with Gasteiger partial charge in [0.15, 0.2) is 5.78 Å². The molecule has 0 bridgehead atoms. The number of nitrogens with one attached hydrogen (secondary N) is 1. The van der Waals surface area contributed by atoms with Gasteiger partial charge in [-0.3, -0.25) is 9.78 Å². The van der Waals surface area contributed by atoms with E-state index in [0.29, 0.717) is 25.2 Å². The average Bonchev–Trinajstić information content (AvgIpc) is 2.64. The molecule has 3 rings (SSSR count). The van der Waals surface area contributed by atoms with Gasteiger partial charge < -0.3 is 14.8 Å².